The van der Waals surface area contributed by atoms with Crippen molar-refractivity contribution in [3.63, 3.8) is 0 Å². The van der Waals surface area contributed by atoms with E-state index in [2.05, 4.69) is 15.2 Å². The zero-order valence-corrected chi connectivity index (χ0v) is 10.5. The normalized spacial score (nSPS) is 20.1. The minimum absolute atomic E-state index is 0.0489. The fourth-order valence-electron chi connectivity index (χ4n) is 2.29. The van der Waals surface area contributed by atoms with Crippen molar-refractivity contribution in [2.24, 2.45) is 0 Å². The van der Waals surface area contributed by atoms with Crippen molar-refractivity contribution in [1.82, 2.24) is 15.2 Å². The maximum absolute atomic E-state index is 13.1. The van der Waals surface area contributed by atoms with E-state index in [1.165, 1.54) is 0 Å². The molecular formula is C12H13F2N3S. The van der Waals surface area contributed by atoms with E-state index in [0.29, 0.717) is 18.7 Å². The molecule has 0 bridgehead atoms. The molecule has 2 aromatic rings. The van der Waals surface area contributed by atoms with E-state index in [9.17, 15) is 8.78 Å². The zero-order valence-electron chi connectivity index (χ0n) is 9.70. The molecule has 0 spiro atoms. The molecule has 1 aliphatic carbocycles. The summed E-state index contributed by atoms with van der Waals surface area (Å²) in [6.07, 6.45) is 0.859. The van der Waals surface area contributed by atoms with Crippen LogP contribution in [0, 0.1) is 0 Å². The number of hydrogen-bond donors (Lipinski definition) is 1. The summed E-state index contributed by atoms with van der Waals surface area (Å²) in [5.41, 5.74) is 0. The molecule has 0 saturated heterocycles. The summed E-state index contributed by atoms with van der Waals surface area (Å²) in [6.45, 7) is 0. The van der Waals surface area contributed by atoms with Crippen LogP contribution in [-0.2, 0) is 0 Å². The van der Waals surface area contributed by atoms with Crippen LogP contribution < -0.4 is 0 Å². The lowest BCUT2D eigenvalue weighted by molar-refractivity contribution is -0.0387. The minimum Gasteiger partial charge on any atom is -0.262 e. The van der Waals surface area contributed by atoms with Crippen molar-refractivity contribution in [2.75, 3.05) is 0 Å². The van der Waals surface area contributed by atoms with Crippen LogP contribution >= 0.6 is 11.3 Å². The van der Waals surface area contributed by atoms with Gasteiger partial charge in [-0.25, -0.2) is 13.8 Å². The highest BCUT2D eigenvalue weighted by molar-refractivity contribution is 7.13. The molecule has 96 valence electrons. The van der Waals surface area contributed by atoms with Gasteiger partial charge in [0.25, 0.3) is 0 Å². The summed E-state index contributed by atoms with van der Waals surface area (Å²) in [7, 11) is 0. The third kappa shape index (κ3) is 2.29. The Morgan fingerprint density at radius 2 is 2.11 bits per heavy atom. The van der Waals surface area contributed by atoms with Crippen LogP contribution in [0.3, 0.4) is 0 Å². The highest BCUT2D eigenvalue weighted by atomic mass is 32.1. The van der Waals surface area contributed by atoms with Crippen LogP contribution in [-0.4, -0.2) is 21.1 Å². The zero-order chi connectivity index (χ0) is 12.6. The first-order valence-corrected chi connectivity index (χ1v) is 6.86. The average Bonchev–Trinajstić information content (AvgIpc) is 2.99. The Bertz CT molecular complexity index is 511. The van der Waals surface area contributed by atoms with Gasteiger partial charge in [-0.05, 0) is 24.3 Å². The standard InChI is InChI=1S/C12H13F2N3S/c13-12(14)5-3-8(4-6-12)10-15-11(17-16-10)9-2-1-7-18-9/h1-2,7-8H,3-6H2,(H,15,16,17). The quantitative estimate of drug-likeness (QED) is 0.900. The first-order chi connectivity index (χ1) is 8.64. The van der Waals surface area contributed by atoms with E-state index in [1.807, 2.05) is 17.5 Å². The number of alkyl halides is 2. The Balaban J connectivity index is 1.75. The van der Waals surface area contributed by atoms with E-state index in [0.717, 1.165) is 10.7 Å². The lowest BCUT2D eigenvalue weighted by atomic mass is 9.86. The molecule has 6 heteroatoms. The van der Waals surface area contributed by atoms with Crippen molar-refractivity contribution < 1.29 is 8.78 Å². The van der Waals surface area contributed by atoms with Crippen molar-refractivity contribution in [1.29, 1.82) is 0 Å². The largest absolute Gasteiger partial charge is 0.262 e. The Kier molecular flexibility index (Phi) is 2.89. The van der Waals surface area contributed by atoms with Gasteiger partial charge in [-0.1, -0.05) is 6.07 Å². The lowest BCUT2D eigenvalue weighted by Gasteiger charge is -2.26. The molecule has 0 atom stereocenters. The van der Waals surface area contributed by atoms with Crippen LogP contribution in [0.1, 0.15) is 37.4 Å². The van der Waals surface area contributed by atoms with Crippen molar-refractivity contribution in [2.45, 2.75) is 37.5 Å². The number of hydrogen-bond acceptors (Lipinski definition) is 3. The molecule has 0 radical (unpaired) electrons. The molecule has 2 heterocycles. The van der Waals surface area contributed by atoms with E-state index in [4.69, 9.17) is 0 Å². The van der Waals surface area contributed by atoms with Crippen molar-refractivity contribution >= 4 is 11.3 Å². The van der Waals surface area contributed by atoms with Crippen LogP contribution in [0.5, 0.6) is 0 Å². The smallest absolute Gasteiger partial charge is 0.248 e. The highest BCUT2D eigenvalue weighted by Gasteiger charge is 2.36. The van der Waals surface area contributed by atoms with Gasteiger partial charge in [-0.15, -0.1) is 11.3 Å². The van der Waals surface area contributed by atoms with Crippen LogP contribution in [0.15, 0.2) is 17.5 Å². The average molecular weight is 269 g/mol. The Hall–Kier alpha value is -1.30. The molecule has 1 fully saturated rings. The number of aromatic nitrogens is 3. The highest BCUT2D eigenvalue weighted by Crippen LogP contribution is 2.40. The van der Waals surface area contributed by atoms with E-state index in [-0.39, 0.29) is 18.8 Å². The number of rotatable bonds is 2. The first kappa shape index (κ1) is 11.8. The molecule has 1 aliphatic rings. The molecular weight excluding hydrogens is 256 g/mol. The van der Waals surface area contributed by atoms with Gasteiger partial charge >= 0.3 is 0 Å². The van der Waals surface area contributed by atoms with Gasteiger partial charge in [-0.3, -0.25) is 5.10 Å². The number of nitrogens with zero attached hydrogens (tertiary/aromatic N) is 2. The molecule has 1 saturated carbocycles. The maximum atomic E-state index is 13.1. The van der Waals surface area contributed by atoms with E-state index in [1.54, 1.807) is 11.3 Å². The monoisotopic (exact) mass is 269 g/mol. The van der Waals surface area contributed by atoms with Gasteiger partial charge in [0.05, 0.1) is 4.88 Å². The second-order valence-corrected chi connectivity index (χ2v) is 5.60. The van der Waals surface area contributed by atoms with Gasteiger partial charge in [-0.2, -0.15) is 5.10 Å². The number of nitrogens with one attached hydrogen (secondary N) is 1. The van der Waals surface area contributed by atoms with Gasteiger partial charge < -0.3 is 0 Å². The van der Waals surface area contributed by atoms with Crippen molar-refractivity contribution in [3.8, 4) is 10.7 Å². The second kappa shape index (κ2) is 4.42. The van der Waals surface area contributed by atoms with Crippen LogP contribution in [0.4, 0.5) is 8.78 Å². The predicted molar refractivity (Wildman–Crippen MR) is 65.9 cm³/mol. The SMILES string of the molecule is FC1(F)CCC(c2nc(-c3cccs3)n[nH]2)CC1. The lowest BCUT2D eigenvalue weighted by Crippen LogP contribution is -2.24. The van der Waals surface area contributed by atoms with Crippen molar-refractivity contribution in [3.05, 3.63) is 23.3 Å². The van der Waals surface area contributed by atoms with Gasteiger partial charge in [0.15, 0.2) is 5.82 Å². The Morgan fingerprint density at radius 1 is 1.33 bits per heavy atom. The molecule has 1 N–H and O–H groups in total. The Morgan fingerprint density at radius 3 is 2.78 bits per heavy atom. The molecule has 3 rings (SSSR count). The maximum Gasteiger partial charge on any atom is 0.248 e. The molecule has 0 aliphatic heterocycles. The number of halogens is 2. The summed E-state index contributed by atoms with van der Waals surface area (Å²) in [5, 5.41) is 9.01. The molecule has 0 amide bonds. The topological polar surface area (TPSA) is 41.6 Å². The summed E-state index contributed by atoms with van der Waals surface area (Å²) in [5.74, 6) is -0.996. The third-order valence-corrected chi connectivity index (χ3v) is 4.21. The van der Waals surface area contributed by atoms with Gasteiger partial charge in [0, 0.05) is 18.8 Å². The third-order valence-electron chi connectivity index (χ3n) is 3.35. The fraction of sp³-hybridized carbons (Fsp3) is 0.500. The fourth-order valence-corrected chi connectivity index (χ4v) is 2.94. The van der Waals surface area contributed by atoms with Gasteiger partial charge in [0.1, 0.15) is 5.82 Å². The summed E-state index contributed by atoms with van der Waals surface area (Å²) < 4.78 is 26.2. The molecule has 18 heavy (non-hydrogen) atoms. The summed E-state index contributed by atoms with van der Waals surface area (Å²) in [4.78, 5) is 5.42. The van der Waals surface area contributed by atoms with Gasteiger partial charge in [0.2, 0.25) is 5.92 Å². The first-order valence-electron chi connectivity index (χ1n) is 5.98. The van der Waals surface area contributed by atoms with Crippen LogP contribution in [0.25, 0.3) is 10.7 Å². The van der Waals surface area contributed by atoms with E-state index < -0.39 is 5.92 Å². The second-order valence-electron chi connectivity index (χ2n) is 4.65. The number of aromatic amines is 1. The summed E-state index contributed by atoms with van der Waals surface area (Å²) in [6, 6.07) is 3.89. The predicted octanol–water partition coefficient (Wildman–Crippen LogP) is 3.83. The Labute approximate surface area is 107 Å². The molecule has 0 unspecified atom stereocenters. The summed E-state index contributed by atoms with van der Waals surface area (Å²) >= 11 is 1.57. The molecule has 2 aromatic heterocycles. The number of H-pyrrole nitrogens is 1. The molecule has 3 nitrogen and oxygen atoms in total. The molecule has 0 aromatic carbocycles. The minimum atomic E-state index is -2.49. The number of thiophene rings is 1. The van der Waals surface area contributed by atoms with Crippen LogP contribution in [0.2, 0.25) is 0 Å². The van der Waals surface area contributed by atoms with E-state index >= 15 is 0 Å².